The second-order valence-corrected chi connectivity index (χ2v) is 5.79. The van der Waals surface area contributed by atoms with Crippen LogP contribution in [-0.2, 0) is 14.6 Å². The van der Waals surface area contributed by atoms with Crippen molar-refractivity contribution in [2.75, 3.05) is 15.9 Å². The molecule has 0 aliphatic carbocycles. The van der Waals surface area contributed by atoms with E-state index in [0.717, 1.165) is 0 Å². The van der Waals surface area contributed by atoms with Gasteiger partial charge in [0.05, 0.1) is 15.9 Å². The number of alkyl halides is 1. The Labute approximate surface area is 85.2 Å². The van der Waals surface area contributed by atoms with Crippen LogP contribution >= 0.6 is 22.6 Å². The molecule has 0 aromatic rings. The highest BCUT2D eigenvalue weighted by atomic mass is 127. The van der Waals surface area contributed by atoms with Crippen molar-refractivity contribution >= 4 is 38.3 Å². The second-order valence-electron chi connectivity index (χ2n) is 2.80. The molecule has 1 amide bonds. The monoisotopic (exact) mass is 303 g/mol. The number of rotatable bonds is 2. The average Bonchev–Trinajstić information content (AvgIpc) is 2.30. The third kappa shape index (κ3) is 2.89. The minimum atomic E-state index is -2.87. The summed E-state index contributed by atoms with van der Waals surface area (Å²) in [4.78, 5) is 10.9. The third-order valence-electron chi connectivity index (χ3n) is 1.72. The molecule has 6 heteroatoms. The highest BCUT2D eigenvalue weighted by Crippen LogP contribution is 2.10. The van der Waals surface area contributed by atoms with Crippen molar-refractivity contribution in [2.45, 2.75) is 12.5 Å². The van der Waals surface area contributed by atoms with E-state index in [4.69, 9.17) is 0 Å². The van der Waals surface area contributed by atoms with E-state index in [0.29, 0.717) is 10.8 Å². The Kier molecular flexibility index (Phi) is 3.33. The summed E-state index contributed by atoms with van der Waals surface area (Å²) in [6, 6.07) is -0.155. The van der Waals surface area contributed by atoms with Gasteiger partial charge in [0, 0.05) is 6.04 Å². The van der Waals surface area contributed by atoms with Crippen LogP contribution in [0.3, 0.4) is 0 Å². The first-order valence-electron chi connectivity index (χ1n) is 3.59. The van der Waals surface area contributed by atoms with Crippen LogP contribution in [0.25, 0.3) is 0 Å². The summed E-state index contributed by atoms with van der Waals surface area (Å²) in [6.07, 6.45) is 0.560. The number of carbonyl (C=O) groups excluding carboxylic acids is 1. The number of halogens is 1. The highest BCUT2D eigenvalue weighted by molar-refractivity contribution is 14.1. The van der Waals surface area contributed by atoms with Crippen molar-refractivity contribution in [1.29, 1.82) is 0 Å². The van der Waals surface area contributed by atoms with Gasteiger partial charge in [-0.25, -0.2) is 8.42 Å². The van der Waals surface area contributed by atoms with Gasteiger partial charge >= 0.3 is 0 Å². The lowest BCUT2D eigenvalue weighted by Crippen LogP contribution is -2.36. The second kappa shape index (κ2) is 3.91. The van der Waals surface area contributed by atoms with E-state index in [1.165, 1.54) is 0 Å². The summed E-state index contributed by atoms with van der Waals surface area (Å²) in [5, 5.41) is 2.66. The lowest BCUT2D eigenvalue weighted by atomic mass is 10.3. The Morgan fingerprint density at radius 2 is 2.25 bits per heavy atom. The molecule has 0 radical (unpaired) electrons. The molecule has 0 aromatic heterocycles. The number of carbonyl (C=O) groups is 1. The fraction of sp³-hybridized carbons (Fsp3) is 0.833. The van der Waals surface area contributed by atoms with E-state index in [1.807, 2.05) is 22.6 Å². The SMILES string of the molecule is O=C(CI)N[C@H]1CCS(=O)(=O)C1. The van der Waals surface area contributed by atoms with Gasteiger partial charge < -0.3 is 5.32 Å². The molecule has 1 atom stereocenters. The van der Waals surface area contributed by atoms with E-state index >= 15 is 0 Å². The molecule has 0 unspecified atom stereocenters. The standard InChI is InChI=1S/C6H10INO3S/c7-3-6(9)8-5-1-2-12(10,11)4-5/h5H,1-4H2,(H,8,9)/t5-/m0/s1. The molecule has 1 heterocycles. The van der Waals surface area contributed by atoms with Crippen LogP contribution < -0.4 is 5.32 Å². The molecule has 1 rings (SSSR count). The predicted octanol–water partition coefficient (Wildman–Crippen LogP) is -0.275. The average molecular weight is 303 g/mol. The first-order valence-corrected chi connectivity index (χ1v) is 6.94. The molecule has 1 fully saturated rings. The number of amides is 1. The summed E-state index contributed by atoms with van der Waals surface area (Å²) >= 11 is 1.95. The minimum Gasteiger partial charge on any atom is -0.352 e. The Balaban J connectivity index is 2.43. The van der Waals surface area contributed by atoms with Gasteiger partial charge in [0.15, 0.2) is 9.84 Å². The van der Waals surface area contributed by atoms with Gasteiger partial charge in [0.25, 0.3) is 0 Å². The molecular formula is C6H10INO3S. The van der Waals surface area contributed by atoms with Gasteiger partial charge in [-0.15, -0.1) is 0 Å². The quantitative estimate of drug-likeness (QED) is 0.564. The zero-order chi connectivity index (χ0) is 9.19. The van der Waals surface area contributed by atoms with E-state index in [2.05, 4.69) is 5.32 Å². The highest BCUT2D eigenvalue weighted by Gasteiger charge is 2.28. The minimum absolute atomic E-state index is 0.0855. The topological polar surface area (TPSA) is 63.2 Å². The van der Waals surface area contributed by atoms with Gasteiger partial charge in [-0.2, -0.15) is 0 Å². The largest absolute Gasteiger partial charge is 0.352 e. The van der Waals surface area contributed by atoms with Crippen molar-refractivity contribution in [1.82, 2.24) is 5.32 Å². The maximum Gasteiger partial charge on any atom is 0.230 e. The van der Waals surface area contributed by atoms with Crippen LogP contribution in [-0.4, -0.2) is 36.3 Å². The summed E-state index contributed by atoms with van der Waals surface area (Å²) in [7, 11) is -2.87. The van der Waals surface area contributed by atoms with Gasteiger partial charge in [-0.1, -0.05) is 22.6 Å². The lowest BCUT2D eigenvalue weighted by molar-refractivity contribution is -0.118. The van der Waals surface area contributed by atoms with Gasteiger partial charge in [0.2, 0.25) is 5.91 Å². The first kappa shape index (κ1) is 10.2. The van der Waals surface area contributed by atoms with E-state index in [-0.39, 0.29) is 23.5 Å². The van der Waals surface area contributed by atoms with Crippen LogP contribution in [0.5, 0.6) is 0 Å². The van der Waals surface area contributed by atoms with Crippen molar-refractivity contribution in [2.24, 2.45) is 0 Å². The maximum atomic E-state index is 11.0. The first-order chi connectivity index (χ1) is 5.53. The number of hydrogen-bond acceptors (Lipinski definition) is 3. The molecular weight excluding hydrogens is 293 g/mol. The Morgan fingerprint density at radius 3 is 2.67 bits per heavy atom. The molecule has 1 aliphatic rings. The van der Waals surface area contributed by atoms with E-state index in [9.17, 15) is 13.2 Å². The normalized spacial score (nSPS) is 26.9. The lowest BCUT2D eigenvalue weighted by Gasteiger charge is -2.08. The van der Waals surface area contributed by atoms with Crippen molar-refractivity contribution in [3.8, 4) is 0 Å². The molecule has 4 nitrogen and oxygen atoms in total. The van der Waals surface area contributed by atoms with Crippen LogP contribution in [0.1, 0.15) is 6.42 Å². The zero-order valence-corrected chi connectivity index (χ0v) is 9.39. The van der Waals surface area contributed by atoms with Crippen LogP contribution in [0, 0.1) is 0 Å². The molecule has 0 spiro atoms. The Hall–Kier alpha value is 0.150. The molecule has 0 saturated carbocycles. The fourth-order valence-corrected chi connectivity index (χ4v) is 3.07. The number of hydrogen-bond donors (Lipinski definition) is 1. The summed E-state index contributed by atoms with van der Waals surface area (Å²) < 4.78 is 22.3. The third-order valence-corrected chi connectivity index (χ3v) is 4.18. The molecule has 12 heavy (non-hydrogen) atoms. The maximum absolute atomic E-state index is 11.0. The van der Waals surface area contributed by atoms with Crippen molar-refractivity contribution in [3.63, 3.8) is 0 Å². The Morgan fingerprint density at radius 1 is 1.58 bits per heavy atom. The zero-order valence-electron chi connectivity index (χ0n) is 6.42. The molecule has 1 saturated heterocycles. The summed E-state index contributed by atoms with van der Waals surface area (Å²) in [5.74, 6) is 0.229. The Bertz CT molecular complexity index is 275. The fourth-order valence-electron chi connectivity index (χ4n) is 1.18. The number of nitrogens with one attached hydrogen (secondary N) is 1. The van der Waals surface area contributed by atoms with Gasteiger partial charge in [-0.05, 0) is 6.42 Å². The smallest absolute Gasteiger partial charge is 0.230 e. The molecule has 0 bridgehead atoms. The number of sulfone groups is 1. The van der Waals surface area contributed by atoms with Crippen LogP contribution in [0.2, 0.25) is 0 Å². The summed E-state index contributed by atoms with van der Waals surface area (Å²) in [6.45, 7) is 0. The molecule has 1 N–H and O–H groups in total. The van der Waals surface area contributed by atoms with Gasteiger partial charge in [-0.3, -0.25) is 4.79 Å². The van der Waals surface area contributed by atoms with Crippen LogP contribution in [0.15, 0.2) is 0 Å². The van der Waals surface area contributed by atoms with Crippen LogP contribution in [0.4, 0.5) is 0 Å². The molecule has 1 aliphatic heterocycles. The van der Waals surface area contributed by atoms with E-state index < -0.39 is 9.84 Å². The summed E-state index contributed by atoms with van der Waals surface area (Å²) in [5.41, 5.74) is 0. The van der Waals surface area contributed by atoms with Gasteiger partial charge in [0.1, 0.15) is 0 Å². The molecule has 70 valence electrons. The predicted molar refractivity (Wildman–Crippen MR) is 54.1 cm³/mol. The molecule has 0 aromatic carbocycles. The van der Waals surface area contributed by atoms with Crippen molar-refractivity contribution in [3.05, 3.63) is 0 Å². The van der Waals surface area contributed by atoms with Crippen molar-refractivity contribution < 1.29 is 13.2 Å². The van der Waals surface area contributed by atoms with E-state index in [1.54, 1.807) is 0 Å².